The van der Waals surface area contributed by atoms with Crippen molar-refractivity contribution in [2.45, 2.75) is 4.90 Å². The number of nitrogens with zero attached hydrogens (tertiary/aromatic N) is 1. The smallest absolute Gasteiger partial charge is 0.263 e. The summed E-state index contributed by atoms with van der Waals surface area (Å²) in [5.74, 6) is 0.319. The molecule has 1 N–H and O–H groups in total. The Kier molecular flexibility index (Phi) is 4.29. The lowest BCUT2D eigenvalue weighted by atomic mass is 10.3. The van der Waals surface area contributed by atoms with Gasteiger partial charge in [0.15, 0.2) is 16.6 Å². The van der Waals surface area contributed by atoms with Gasteiger partial charge in [0, 0.05) is 6.07 Å². The van der Waals surface area contributed by atoms with Crippen LogP contribution in [0.4, 0.5) is 9.52 Å². The summed E-state index contributed by atoms with van der Waals surface area (Å²) in [6, 6.07) is 8.33. The van der Waals surface area contributed by atoms with Crippen molar-refractivity contribution >= 4 is 36.7 Å². The number of sulfonamides is 1. The Labute approximate surface area is 141 Å². The molecular formula is C15H13FN2O4S2. The highest BCUT2D eigenvalue weighted by Gasteiger charge is 2.19. The van der Waals surface area contributed by atoms with Crippen molar-refractivity contribution in [2.24, 2.45) is 0 Å². The minimum absolute atomic E-state index is 0.00517. The molecule has 0 spiro atoms. The average Bonchev–Trinajstić information content (AvgIpc) is 2.94. The molecule has 0 aliphatic rings. The number of ether oxygens (including phenoxy) is 2. The molecule has 1 heterocycles. The van der Waals surface area contributed by atoms with Gasteiger partial charge in [0.1, 0.15) is 5.82 Å². The average molecular weight is 368 g/mol. The van der Waals surface area contributed by atoms with Crippen LogP contribution in [0.3, 0.4) is 0 Å². The molecule has 0 aliphatic carbocycles. The molecule has 0 amide bonds. The number of fused-ring (bicyclic) bond motifs is 1. The second-order valence-electron chi connectivity index (χ2n) is 4.75. The van der Waals surface area contributed by atoms with E-state index in [9.17, 15) is 12.8 Å². The molecule has 0 fully saturated rings. The highest BCUT2D eigenvalue weighted by molar-refractivity contribution is 7.93. The van der Waals surface area contributed by atoms with E-state index in [2.05, 4.69) is 9.71 Å². The summed E-state index contributed by atoms with van der Waals surface area (Å²) in [7, 11) is -0.977. The summed E-state index contributed by atoms with van der Waals surface area (Å²) < 4.78 is 51.4. The van der Waals surface area contributed by atoms with Crippen LogP contribution in [0.5, 0.6) is 11.5 Å². The summed E-state index contributed by atoms with van der Waals surface area (Å²) in [5.41, 5.74) is 0.520. The number of halogens is 1. The maximum absolute atomic E-state index is 13.2. The van der Waals surface area contributed by atoms with Gasteiger partial charge in [-0.2, -0.15) is 0 Å². The van der Waals surface area contributed by atoms with Gasteiger partial charge in [-0.25, -0.2) is 17.8 Å². The molecule has 0 unspecified atom stereocenters. The van der Waals surface area contributed by atoms with Gasteiger partial charge in [-0.05, 0) is 30.3 Å². The van der Waals surface area contributed by atoms with Crippen LogP contribution in [0, 0.1) is 5.82 Å². The van der Waals surface area contributed by atoms with Crippen LogP contribution in [0.25, 0.3) is 10.2 Å². The monoisotopic (exact) mass is 368 g/mol. The molecule has 3 aromatic rings. The summed E-state index contributed by atoms with van der Waals surface area (Å²) in [6.45, 7) is 0. The topological polar surface area (TPSA) is 77.5 Å². The molecule has 126 valence electrons. The van der Waals surface area contributed by atoms with E-state index in [-0.39, 0.29) is 10.0 Å². The van der Waals surface area contributed by atoms with E-state index in [0.29, 0.717) is 21.7 Å². The predicted molar refractivity (Wildman–Crippen MR) is 89.9 cm³/mol. The molecule has 3 rings (SSSR count). The van der Waals surface area contributed by atoms with Gasteiger partial charge in [0.05, 0.1) is 29.3 Å². The zero-order chi connectivity index (χ0) is 17.3. The maximum Gasteiger partial charge on any atom is 0.263 e. The number of hydrogen-bond acceptors (Lipinski definition) is 6. The number of methoxy groups -OCH3 is 2. The molecule has 6 nitrogen and oxygen atoms in total. The minimum Gasteiger partial charge on any atom is -0.493 e. The molecule has 0 bridgehead atoms. The first-order valence-electron chi connectivity index (χ1n) is 6.74. The van der Waals surface area contributed by atoms with Crippen molar-refractivity contribution in [1.29, 1.82) is 0 Å². The molecule has 9 heteroatoms. The van der Waals surface area contributed by atoms with Crippen molar-refractivity contribution < 1.29 is 22.3 Å². The lowest BCUT2D eigenvalue weighted by Gasteiger charge is -2.10. The number of nitrogens with one attached hydrogen (secondary N) is 1. The molecule has 0 atom stereocenters. The zero-order valence-corrected chi connectivity index (χ0v) is 14.4. The van der Waals surface area contributed by atoms with E-state index in [0.717, 1.165) is 11.3 Å². The molecule has 0 radical (unpaired) electrons. The van der Waals surface area contributed by atoms with Crippen molar-refractivity contribution in [3.63, 3.8) is 0 Å². The Balaban J connectivity index is 1.95. The van der Waals surface area contributed by atoms with Gasteiger partial charge < -0.3 is 9.47 Å². The first-order valence-corrected chi connectivity index (χ1v) is 9.04. The fraction of sp³-hybridized carbons (Fsp3) is 0.133. The van der Waals surface area contributed by atoms with Crippen molar-refractivity contribution in [3.8, 4) is 11.5 Å². The third kappa shape index (κ3) is 3.13. The van der Waals surface area contributed by atoms with Gasteiger partial charge in [-0.15, -0.1) is 0 Å². The molecule has 0 saturated carbocycles. The lowest BCUT2D eigenvalue weighted by molar-refractivity contribution is 0.354. The number of benzene rings is 2. The molecule has 0 saturated heterocycles. The number of thiazole rings is 1. The molecule has 0 aliphatic heterocycles. The fourth-order valence-corrected chi connectivity index (χ4v) is 4.24. The number of hydrogen-bond donors (Lipinski definition) is 1. The molecule has 24 heavy (non-hydrogen) atoms. The van der Waals surface area contributed by atoms with Gasteiger partial charge in [-0.3, -0.25) is 4.72 Å². The number of aromatic nitrogens is 1. The first kappa shape index (κ1) is 16.5. The second kappa shape index (κ2) is 6.25. The van der Waals surface area contributed by atoms with Gasteiger partial charge in [-0.1, -0.05) is 11.3 Å². The van der Waals surface area contributed by atoms with Crippen LogP contribution in [-0.2, 0) is 10.0 Å². The SMILES string of the molecule is COc1ccc(S(=O)(=O)Nc2nc3ccc(F)cc3s2)cc1OC. The second-order valence-corrected chi connectivity index (χ2v) is 7.47. The van der Waals surface area contributed by atoms with E-state index in [1.807, 2.05) is 0 Å². The van der Waals surface area contributed by atoms with E-state index >= 15 is 0 Å². The Bertz CT molecular complexity index is 1000. The highest BCUT2D eigenvalue weighted by Crippen LogP contribution is 2.32. The van der Waals surface area contributed by atoms with Crippen LogP contribution < -0.4 is 14.2 Å². The van der Waals surface area contributed by atoms with Crippen LogP contribution in [0.2, 0.25) is 0 Å². The maximum atomic E-state index is 13.2. The zero-order valence-electron chi connectivity index (χ0n) is 12.7. The summed E-state index contributed by atoms with van der Waals surface area (Å²) >= 11 is 1.05. The van der Waals surface area contributed by atoms with E-state index in [1.165, 1.54) is 50.6 Å². The Hall–Kier alpha value is -2.39. The first-order chi connectivity index (χ1) is 11.4. The van der Waals surface area contributed by atoms with Gasteiger partial charge in [0.2, 0.25) is 0 Å². The van der Waals surface area contributed by atoms with Crippen molar-refractivity contribution in [1.82, 2.24) is 4.98 Å². The van der Waals surface area contributed by atoms with E-state index in [1.54, 1.807) is 0 Å². The summed E-state index contributed by atoms with van der Waals surface area (Å²) in [6.07, 6.45) is 0. The predicted octanol–water partition coefficient (Wildman–Crippen LogP) is 3.25. The summed E-state index contributed by atoms with van der Waals surface area (Å²) in [4.78, 5) is 4.15. The quantitative estimate of drug-likeness (QED) is 0.748. The van der Waals surface area contributed by atoms with Crippen LogP contribution >= 0.6 is 11.3 Å². The normalized spacial score (nSPS) is 11.5. The Morgan fingerprint density at radius 2 is 1.83 bits per heavy atom. The Morgan fingerprint density at radius 1 is 1.08 bits per heavy atom. The standard InChI is InChI=1S/C15H13FN2O4S2/c1-21-12-6-4-10(8-13(12)22-2)24(19,20)18-15-17-11-5-3-9(16)7-14(11)23-15/h3-8H,1-2H3,(H,17,18). The highest BCUT2D eigenvalue weighted by atomic mass is 32.2. The third-order valence-electron chi connectivity index (χ3n) is 3.24. The van der Waals surface area contributed by atoms with Crippen LogP contribution in [-0.4, -0.2) is 27.6 Å². The van der Waals surface area contributed by atoms with Gasteiger partial charge >= 0.3 is 0 Å². The van der Waals surface area contributed by atoms with E-state index < -0.39 is 15.8 Å². The molecule has 2 aromatic carbocycles. The third-order valence-corrected chi connectivity index (χ3v) is 5.64. The van der Waals surface area contributed by atoms with Gasteiger partial charge in [0.25, 0.3) is 10.0 Å². The van der Waals surface area contributed by atoms with Crippen LogP contribution in [0.1, 0.15) is 0 Å². The minimum atomic E-state index is -3.86. The molecule has 1 aromatic heterocycles. The number of rotatable bonds is 5. The van der Waals surface area contributed by atoms with Crippen molar-refractivity contribution in [3.05, 3.63) is 42.2 Å². The van der Waals surface area contributed by atoms with E-state index in [4.69, 9.17) is 9.47 Å². The van der Waals surface area contributed by atoms with Crippen molar-refractivity contribution in [2.75, 3.05) is 18.9 Å². The van der Waals surface area contributed by atoms with Crippen LogP contribution in [0.15, 0.2) is 41.3 Å². The Morgan fingerprint density at radius 3 is 2.54 bits per heavy atom. The largest absolute Gasteiger partial charge is 0.493 e. The summed E-state index contributed by atoms with van der Waals surface area (Å²) in [5, 5.41) is 0.158. The fourth-order valence-electron chi connectivity index (χ4n) is 2.10. The molecular weight excluding hydrogens is 355 g/mol. The lowest BCUT2D eigenvalue weighted by Crippen LogP contribution is -2.13. The number of anilines is 1.